The van der Waals surface area contributed by atoms with E-state index < -0.39 is 0 Å². The summed E-state index contributed by atoms with van der Waals surface area (Å²) in [5, 5.41) is 3.09. The van der Waals surface area contributed by atoms with Crippen LogP contribution >= 0.6 is 0 Å². The van der Waals surface area contributed by atoms with Crippen LogP contribution in [0.4, 0.5) is 4.39 Å². The Bertz CT molecular complexity index is 762. The van der Waals surface area contributed by atoms with Crippen molar-refractivity contribution >= 4 is 5.91 Å². The summed E-state index contributed by atoms with van der Waals surface area (Å²) >= 11 is 0. The van der Waals surface area contributed by atoms with E-state index in [4.69, 9.17) is 4.42 Å². The zero-order chi connectivity index (χ0) is 16.7. The molecule has 4 heterocycles. The molecule has 1 amide bonds. The molecule has 0 aliphatic carbocycles. The average molecular weight is 328 g/mol. The van der Waals surface area contributed by atoms with E-state index in [0.29, 0.717) is 17.2 Å². The quantitative estimate of drug-likeness (QED) is 0.941. The van der Waals surface area contributed by atoms with Crippen LogP contribution in [0.1, 0.15) is 29.0 Å². The van der Waals surface area contributed by atoms with Crippen LogP contribution in [0.25, 0.3) is 11.3 Å². The molecule has 1 aromatic carbocycles. The lowest BCUT2D eigenvalue weighted by atomic mass is 9.84. The number of amides is 1. The molecular weight excluding hydrogens is 307 g/mol. The number of carbonyl (C=O) groups excluding carboxylic acids is 1. The summed E-state index contributed by atoms with van der Waals surface area (Å²) in [5.41, 5.74) is 1.23. The second-order valence-electron chi connectivity index (χ2n) is 6.87. The summed E-state index contributed by atoms with van der Waals surface area (Å²) in [7, 11) is 0. The number of benzene rings is 1. The molecule has 5 heteroatoms. The van der Waals surface area contributed by atoms with Gasteiger partial charge in [-0.3, -0.25) is 4.79 Å². The van der Waals surface area contributed by atoms with Gasteiger partial charge in [0.25, 0.3) is 5.91 Å². The smallest absolute Gasteiger partial charge is 0.287 e. The topological polar surface area (TPSA) is 45.5 Å². The fourth-order valence-electron chi connectivity index (χ4n) is 3.79. The molecule has 0 spiro atoms. The Hall–Kier alpha value is -2.14. The third-order valence-electron chi connectivity index (χ3n) is 5.19. The number of aryl methyl sites for hydroxylation is 1. The van der Waals surface area contributed by atoms with Gasteiger partial charge < -0.3 is 14.6 Å². The maximum Gasteiger partial charge on any atom is 0.287 e. The van der Waals surface area contributed by atoms with E-state index in [0.717, 1.165) is 38.0 Å². The zero-order valence-corrected chi connectivity index (χ0v) is 13.7. The standard InChI is InChI=1S/C19H21FN2O2/c1-12-2-3-14(15(20)10-12)17-4-5-18(24-17)19(23)21-16-11-22-8-6-13(16)7-9-22/h2-5,10,13,16H,6-9,11H2,1H3,(H,21,23). The van der Waals surface area contributed by atoms with Crippen molar-refractivity contribution in [2.75, 3.05) is 19.6 Å². The lowest BCUT2D eigenvalue weighted by molar-refractivity contribution is 0.0606. The molecule has 1 N–H and O–H groups in total. The van der Waals surface area contributed by atoms with Gasteiger partial charge in [-0.25, -0.2) is 4.39 Å². The number of rotatable bonds is 3. The molecule has 1 atom stereocenters. The largest absolute Gasteiger partial charge is 0.451 e. The van der Waals surface area contributed by atoms with Crippen molar-refractivity contribution in [1.29, 1.82) is 0 Å². The minimum absolute atomic E-state index is 0.185. The summed E-state index contributed by atoms with van der Waals surface area (Å²) in [5.74, 6) is 0.622. The summed E-state index contributed by atoms with van der Waals surface area (Å²) in [6.45, 7) is 5.02. The minimum atomic E-state index is -0.339. The van der Waals surface area contributed by atoms with E-state index >= 15 is 0 Å². The monoisotopic (exact) mass is 328 g/mol. The van der Waals surface area contributed by atoms with Gasteiger partial charge in [0.2, 0.25) is 0 Å². The first-order chi connectivity index (χ1) is 11.6. The number of fused-ring (bicyclic) bond motifs is 3. The first kappa shape index (κ1) is 15.4. The Labute approximate surface area is 140 Å². The van der Waals surface area contributed by atoms with Gasteiger partial charge in [-0.05, 0) is 68.6 Å². The van der Waals surface area contributed by atoms with Gasteiger partial charge in [0.15, 0.2) is 5.76 Å². The van der Waals surface area contributed by atoms with Gasteiger partial charge in [0, 0.05) is 12.6 Å². The Morgan fingerprint density at radius 2 is 2.04 bits per heavy atom. The van der Waals surface area contributed by atoms with Crippen molar-refractivity contribution in [3.63, 3.8) is 0 Å². The predicted molar refractivity (Wildman–Crippen MR) is 89.3 cm³/mol. The van der Waals surface area contributed by atoms with Crippen molar-refractivity contribution < 1.29 is 13.6 Å². The zero-order valence-electron chi connectivity index (χ0n) is 13.7. The van der Waals surface area contributed by atoms with Crippen LogP contribution < -0.4 is 5.32 Å². The number of nitrogens with zero attached hydrogens (tertiary/aromatic N) is 1. The number of halogens is 1. The highest BCUT2D eigenvalue weighted by Gasteiger charge is 2.35. The van der Waals surface area contributed by atoms with Crippen LogP contribution in [-0.2, 0) is 0 Å². The summed E-state index contributed by atoms with van der Waals surface area (Å²) in [6.07, 6.45) is 2.28. The molecule has 1 aromatic heterocycles. The molecular formula is C19H21FN2O2. The molecule has 0 radical (unpaired) electrons. The highest BCUT2D eigenvalue weighted by Crippen LogP contribution is 2.29. The molecule has 24 heavy (non-hydrogen) atoms. The molecule has 5 rings (SSSR count). The molecule has 3 saturated heterocycles. The van der Waals surface area contributed by atoms with Crippen LogP contribution in [0, 0.1) is 18.7 Å². The fraction of sp³-hybridized carbons (Fsp3) is 0.421. The Morgan fingerprint density at radius 1 is 1.25 bits per heavy atom. The van der Waals surface area contributed by atoms with E-state index in [9.17, 15) is 9.18 Å². The van der Waals surface area contributed by atoms with Crippen molar-refractivity contribution in [2.45, 2.75) is 25.8 Å². The molecule has 0 saturated carbocycles. The SMILES string of the molecule is Cc1ccc(-c2ccc(C(=O)NC3CN4CCC3CC4)o2)c(F)c1. The van der Waals surface area contributed by atoms with Crippen molar-refractivity contribution in [3.05, 3.63) is 47.5 Å². The van der Waals surface area contributed by atoms with Gasteiger partial charge >= 0.3 is 0 Å². The van der Waals surface area contributed by atoms with Gasteiger partial charge in [0.05, 0.1) is 5.56 Å². The van der Waals surface area contributed by atoms with Gasteiger partial charge in [-0.2, -0.15) is 0 Å². The maximum absolute atomic E-state index is 14.1. The summed E-state index contributed by atoms with van der Waals surface area (Å²) < 4.78 is 19.7. The number of piperidine rings is 3. The van der Waals surface area contributed by atoms with Gasteiger partial charge in [-0.15, -0.1) is 0 Å². The highest BCUT2D eigenvalue weighted by atomic mass is 19.1. The molecule has 1 unspecified atom stereocenters. The molecule has 4 nitrogen and oxygen atoms in total. The fourth-order valence-corrected chi connectivity index (χ4v) is 3.79. The molecule has 2 bridgehead atoms. The van der Waals surface area contributed by atoms with Crippen molar-refractivity contribution in [3.8, 4) is 11.3 Å². The maximum atomic E-state index is 14.1. The van der Waals surface area contributed by atoms with Gasteiger partial charge in [-0.1, -0.05) is 6.07 Å². The van der Waals surface area contributed by atoms with Crippen LogP contribution in [0.2, 0.25) is 0 Å². The number of carbonyl (C=O) groups is 1. The van der Waals surface area contributed by atoms with E-state index in [-0.39, 0.29) is 23.5 Å². The van der Waals surface area contributed by atoms with Crippen molar-refractivity contribution in [2.24, 2.45) is 5.92 Å². The Morgan fingerprint density at radius 3 is 2.71 bits per heavy atom. The third-order valence-corrected chi connectivity index (χ3v) is 5.19. The predicted octanol–water partition coefficient (Wildman–Crippen LogP) is 3.22. The first-order valence-electron chi connectivity index (χ1n) is 8.50. The van der Waals surface area contributed by atoms with Crippen LogP contribution in [0.3, 0.4) is 0 Å². The first-order valence-corrected chi connectivity index (χ1v) is 8.50. The number of furan rings is 1. The second-order valence-corrected chi connectivity index (χ2v) is 6.87. The highest BCUT2D eigenvalue weighted by molar-refractivity contribution is 5.92. The van der Waals surface area contributed by atoms with Gasteiger partial charge in [0.1, 0.15) is 11.6 Å². The van der Waals surface area contributed by atoms with E-state index in [1.807, 2.05) is 13.0 Å². The van der Waals surface area contributed by atoms with E-state index in [1.54, 1.807) is 18.2 Å². The summed E-state index contributed by atoms with van der Waals surface area (Å²) in [4.78, 5) is 14.8. The lowest BCUT2D eigenvalue weighted by Gasteiger charge is -2.44. The molecule has 3 fully saturated rings. The Kier molecular flexibility index (Phi) is 3.88. The summed E-state index contributed by atoms with van der Waals surface area (Å²) in [6, 6.07) is 8.42. The number of nitrogens with one attached hydrogen (secondary N) is 1. The third kappa shape index (κ3) is 2.84. The second kappa shape index (κ2) is 6.06. The normalized spacial score (nSPS) is 25.7. The lowest BCUT2D eigenvalue weighted by Crippen LogP contribution is -2.57. The molecule has 3 aliphatic heterocycles. The minimum Gasteiger partial charge on any atom is -0.451 e. The van der Waals surface area contributed by atoms with Crippen molar-refractivity contribution in [1.82, 2.24) is 10.2 Å². The van der Waals surface area contributed by atoms with E-state index in [1.165, 1.54) is 6.07 Å². The molecule has 3 aliphatic rings. The molecule has 126 valence electrons. The van der Waals surface area contributed by atoms with Crippen LogP contribution in [0.15, 0.2) is 34.7 Å². The number of hydrogen-bond donors (Lipinski definition) is 1. The van der Waals surface area contributed by atoms with Crippen LogP contribution in [0.5, 0.6) is 0 Å². The van der Waals surface area contributed by atoms with E-state index in [2.05, 4.69) is 10.2 Å². The van der Waals surface area contributed by atoms with Crippen LogP contribution in [-0.4, -0.2) is 36.5 Å². The Balaban J connectivity index is 1.49. The average Bonchev–Trinajstić information content (AvgIpc) is 3.06. The molecule has 2 aromatic rings. The number of hydrogen-bond acceptors (Lipinski definition) is 3.